The number of fused-ring (bicyclic) bond motifs is 1. The molecule has 7 heteroatoms. The Hall–Kier alpha value is -2.29. The number of anilines is 1. The van der Waals surface area contributed by atoms with Gasteiger partial charge in [-0.2, -0.15) is 0 Å². The number of aliphatic imine (C=N–C) groups is 1. The van der Waals surface area contributed by atoms with Gasteiger partial charge in [0.2, 0.25) is 0 Å². The van der Waals surface area contributed by atoms with Gasteiger partial charge >= 0.3 is 0 Å². The van der Waals surface area contributed by atoms with Crippen LogP contribution < -0.4 is 15.5 Å². The number of aryl methyl sites for hydroxylation is 2. The number of nitrogens with one attached hydrogen (secondary N) is 2. The third-order valence-electron chi connectivity index (χ3n) is 5.89. The van der Waals surface area contributed by atoms with Crippen LogP contribution in [0.3, 0.4) is 0 Å². The predicted molar refractivity (Wildman–Crippen MR) is 141 cm³/mol. The van der Waals surface area contributed by atoms with Crippen molar-refractivity contribution in [3.8, 4) is 0 Å². The molecule has 0 aliphatic carbocycles. The predicted octanol–water partition coefficient (Wildman–Crippen LogP) is 4.04. The van der Waals surface area contributed by atoms with E-state index >= 15 is 0 Å². The summed E-state index contributed by atoms with van der Waals surface area (Å²) < 4.78 is 2.30. The topological polar surface area (TPSA) is 57.5 Å². The molecule has 3 aromatic rings. The van der Waals surface area contributed by atoms with E-state index in [1.54, 1.807) is 0 Å². The fourth-order valence-corrected chi connectivity index (χ4v) is 4.26. The van der Waals surface area contributed by atoms with Gasteiger partial charge in [0.05, 0.1) is 11.0 Å². The van der Waals surface area contributed by atoms with E-state index in [9.17, 15) is 0 Å². The summed E-state index contributed by atoms with van der Waals surface area (Å²) in [7, 11) is 1.84. The Bertz CT molecular complexity index is 984. The second-order valence-electron chi connectivity index (χ2n) is 7.97. The molecule has 166 valence electrons. The summed E-state index contributed by atoms with van der Waals surface area (Å²) in [5.41, 5.74) is 3.60. The molecule has 0 radical (unpaired) electrons. The van der Waals surface area contributed by atoms with E-state index < -0.39 is 0 Å². The SMILES string of the molecule is CN=C(NCCCn1c(C)nc2ccccc21)NCC1CCN(c2ccccc2)C1.I. The molecule has 2 aromatic carbocycles. The minimum absolute atomic E-state index is 0. The molecule has 1 aromatic heterocycles. The van der Waals surface area contributed by atoms with Crippen LogP contribution in [0.1, 0.15) is 18.7 Å². The molecular formula is C24H33IN6. The van der Waals surface area contributed by atoms with Crippen molar-refractivity contribution in [2.75, 3.05) is 38.1 Å². The van der Waals surface area contributed by atoms with Crippen molar-refractivity contribution >= 4 is 46.7 Å². The molecule has 1 aliphatic rings. The zero-order valence-electron chi connectivity index (χ0n) is 18.4. The number of para-hydroxylation sites is 3. The lowest BCUT2D eigenvalue weighted by Gasteiger charge is -2.19. The Labute approximate surface area is 202 Å². The number of hydrogen-bond acceptors (Lipinski definition) is 3. The summed E-state index contributed by atoms with van der Waals surface area (Å²) in [5, 5.41) is 6.97. The third-order valence-corrected chi connectivity index (χ3v) is 5.89. The number of nitrogens with zero attached hydrogens (tertiary/aromatic N) is 4. The standard InChI is InChI=1S/C24H32N6.HI/c1-19-28-22-11-6-7-12-23(22)30(19)15-8-14-26-24(25-2)27-17-20-13-16-29(18-20)21-9-4-3-5-10-21;/h3-7,9-12,20H,8,13-18H2,1-2H3,(H2,25,26,27);1H. The van der Waals surface area contributed by atoms with Crippen LogP contribution in [0.25, 0.3) is 11.0 Å². The van der Waals surface area contributed by atoms with E-state index in [1.807, 2.05) is 13.1 Å². The van der Waals surface area contributed by atoms with Crippen LogP contribution in [0.5, 0.6) is 0 Å². The van der Waals surface area contributed by atoms with Crippen LogP contribution in [-0.2, 0) is 6.54 Å². The molecule has 2 heterocycles. The van der Waals surface area contributed by atoms with Crippen molar-refractivity contribution in [2.45, 2.75) is 26.3 Å². The van der Waals surface area contributed by atoms with Gasteiger partial charge in [0, 0.05) is 45.5 Å². The molecule has 2 N–H and O–H groups in total. The molecule has 1 saturated heterocycles. The Morgan fingerprint density at radius 2 is 1.87 bits per heavy atom. The molecule has 0 saturated carbocycles. The zero-order chi connectivity index (χ0) is 20.8. The number of imidazole rings is 1. The van der Waals surface area contributed by atoms with Gasteiger partial charge in [-0.3, -0.25) is 4.99 Å². The van der Waals surface area contributed by atoms with E-state index in [1.165, 1.54) is 17.6 Å². The first-order valence-corrected chi connectivity index (χ1v) is 10.9. The molecule has 1 fully saturated rings. The van der Waals surface area contributed by atoms with Crippen molar-refractivity contribution in [3.05, 3.63) is 60.4 Å². The number of hydrogen-bond donors (Lipinski definition) is 2. The van der Waals surface area contributed by atoms with Gasteiger partial charge in [-0.25, -0.2) is 4.98 Å². The Kier molecular flexibility index (Phi) is 8.57. The smallest absolute Gasteiger partial charge is 0.190 e. The minimum Gasteiger partial charge on any atom is -0.371 e. The molecular weight excluding hydrogens is 499 g/mol. The second-order valence-corrected chi connectivity index (χ2v) is 7.97. The van der Waals surface area contributed by atoms with Gasteiger partial charge in [-0.1, -0.05) is 30.3 Å². The van der Waals surface area contributed by atoms with Gasteiger partial charge < -0.3 is 20.1 Å². The summed E-state index contributed by atoms with van der Waals surface area (Å²) in [6.07, 6.45) is 2.24. The van der Waals surface area contributed by atoms with Crippen molar-refractivity contribution < 1.29 is 0 Å². The lowest BCUT2D eigenvalue weighted by Crippen LogP contribution is -2.40. The van der Waals surface area contributed by atoms with Gasteiger partial charge in [0.1, 0.15) is 5.82 Å². The van der Waals surface area contributed by atoms with Crippen LogP contribution in [0.15, 0.2) is 59.6 Å². The van der Waals surface area contributed by atoms with E-state index in [2.05, 4.69) is 85.5 Å². The lowest BCUT2D eigenvalue weighted by molar-refractivity contribution is 0.562. The van der Waals surface area contributed by atoms with E-state index in [0.717, 1.165) is 56.4 Å². The lowest BCUT2D eigenvalue weighted by atomic mass is 10.1. The van der Waals surface area contributed by atoms with Crippen LogP contribution in [0, 0.1) is 12.8 Å². The van der Waals surface area contributed by atoms with E-state index in [-0.39, 0.29) is 24.0 Å². The zero-order valence-corrected chi connectivity index (χ0v) is 20.8. The van der Waals surface area contributed by atoms with E-state index in [4.69, 9.17) is 0 Å². The Morgan fingerprint density at radius 3 is 2.68 bits per heavy atom. The Balaban J connectivity index is 0.00000272. The number of aromatic nitrogens is 2. The molecule has 6 nitrogen and oxygen atoms in total. The highest BCUT2D eigenvalue weighted by Gasteiger charge is 2.22. The molecule has 0 bridgehead atoms. The van der Waals surface area contributed by atoms with Gasteiger partial charge in [0.25, 0.3) is 0 Å². The average molecular weight is 532 g/mol. The highest BCUT2D eigenvalue weighted by molar-refractivity contribution is 14.0. The maximum atomic E-state index is 4.65. The summed E-state index contributed by atoms with van der Waals surface area (Å²) in [5.74, 6) is 2.60. The average Bonchev–Trinajstić information content (AvgIpc) is 3.38. The van der Waals surface area contributed by atoms with E-state index in [0.29, 0.717) is 5.92 Å². The van der Waals surface area contributed by atoms with Crippen LogP contribution in [-0.4, -0.2) is 48.7 Å². The van der Waals surface area contributed by atoms with Crippen molar-refractivity contribution in [2.24, 2.45) is 10.9 Å². The van der Waals surface area contributed by atoms with Crippen LogP contribution >= 0.6 is 24.0 Å². The molecule has 0 spiro atoms. The fourth-order valence-electron chi connectivity index (χ4n) is 4.26. The normalized spacial score (nSPS) is 16.4. The third kappa shape index (κ3) is 5.90. The first-order chi connectivity index (χ1) is 14.7. The van der Waals surface area contributed by atoms with Crippen molar-refractivity contribution in [1.82, 2.24) is 20.2 Å². The number of halogens is 1. The molecule has 4 rings (SSSR count). The summed E-state index contributed by atoms with van der Waals surface area (Å²) >= 11 is 0. The highest BCUT2D eigenvalue weighted by atomic mass is 127. The number of benzene rings is 2. The molecule has 0 amide bonds. The van der Waals surface area contributed by atoms with Gasteiger partial charge in [-0.15, -0.1) is 24.0 Å². The highest BCUT2D eigenvalue weighted by Crippen LogP contribution is 2.23. The molecule has 1 unspecified atom stereocenters. The summed E-state index contributed by atoms with van der Waals surface area (Å²) in [6, 6.07) is 19.0. The summed E-state index contributed by atoms with van der Waals surface area (Å²) in [4.78, 5) is 11.5. The minimum atomic E-state index is 0. The van der Waals surface area contributed by atoms with Gasteiger partial charge in [-0.05, 0) is 49.9 Å². The maximum Gasteiger partial charge on any atom is 0.190 e. The van der Waals surface area contributed by atoms with Crippen LogP contribution in [0.4, 0.5) is 5.69 Å². The largest absolute Gasteiger partial charge is 0.371 e. The van der Waals surface area contributed by atoms with Crippen molar-refractivity contribution in [1.29, 1.82) is 0 Å². The molecule has 1 atom stereocenters. The van der Waals surface area contributed by atoms with Crippen molar-refractivity contribution in [3.63, 3.8) is 0 Å². The number of rotatable bonds is 7. The summed E-state index contributed by atoms with van der Waals surface area (Å²) in [6.45, 7) is 7.08. The van der Waals surface area contributed by atoms with Crippen LogP contribution in [0.2, 0.25) is 0 Å². The molecule has 31 heavy (non-hydrogen) atoms. The molecule has 1 aliphatic heterocycles. The second kappa shape index (κ2) is 11.4. The first-order valence-electron chi connectivity index (χ1n) is 10.9. The monoisotopic (exact) mass is 532 g/mol. The number of guanidine groups is 1. The van der Waals surface area contributed by atoms with Gasteiger partial charge in [0.15, 0.2) is 5.96 Å². The first kappa shape index (κ1) is 23.4. The Morgan fingerprint density at radius 1 is 1.10 bits per heavy atom. The maximum absolute atomic E-state index is 4.65. The quantitative estimate of drug-likeness (QED) is 0.209. The fraction of sp³-hybridized carbons (Fsp3) is 0.417.